The van der Waals surface area contributed by atoms with E-state index in [0.717, 1.165) is 30.9 Å². The van der Waals surface area contributed by atoms with Gasteiger partial charge in [-0.1, -0.05) is 13.8 Å². The zero-order chi connectivity index (χ0) is 11.3. The van der Waals surface area contributed by atoms with Crippen molar-refractivity contribution in [2.75, 3.05) is 18.8 Å². The first-order chi connectivity index (χ1) is 7.21. The summed E-state index contributed by atoms with van der Waals surface area (Å²) in [6, 6.07) is 7.55. The topological polar surface area (TPSA) is 53.0 Å². The fraction of sp³-hybridized carbons (Fsp3) is 0.417. The van der Waals surface area contributed by atoms with Gasteiger partial charge in [-0.15, -0.1) is 0 Å². The molecule has 2 N–H and O–H groups in total. The van der Waals surface area contributed by atoms with Gasteiger partial charge in [0.15, 0.2) is 0 Å². The van der Waals surface area contributed by atoms with E-state index < -0.39 is 0 Å². The van der Waals surface area contributed by atoms with Crippen LogP contribution in [0.2, 0.25) is 0 Å². The fourth-order valence-electron chi connectivity index (χ4n) is 1.50. The number of nitrogens with two attached hydrogens (primary N) is 1. The lowest BCUT2D eigenvalue weighted by Crippen LogP contribution is -2.22. The molecule has 15 heavy (non-hydrogen) atoms. The van der Waals surface area contributed by atoms with Crippen LogP contribution in [0.1, 0.15) is 25.0 Å². The maximum Gasteiger partial charge on any atom is 0.0991 e. The monoisotopic (exact) mass is 203 g/mol. The molecule has 0 atom stereocenters. The largest absolute Gasteiger partial charge is 0.398 e. The quantitative estimate of drug-likeness (QED) is 0.761. The van der Waals surface area contributed by atoms with Crippen molar-refractivity contribution in [1.82, 2.24) is 4.90 Å². The molecule has 3 nitrogen and oxygen atoms in total. The van der Waals surface area contributed by atoms with Crippen molar-refractivity contribution < 1.29 is 0 Å². The average Bonchev–Trinajstić information content (AvgIpc) is 2.28. The minimum absolute atomic E-state index is 0.673. The van der Waals surface area contributed by atoms with Gasteiger partial charge >= 0.3 is 0 Å². The molecular formula is C12H17N3. The highest BCUT2D eigenvalue weighted by molar-refractivity contribution is 5.51. The van der Waals surface area contributed by atoms with Gasteiger partial charge in [-0.25, -0.2) is 0 Å². The van der Waals surface area contributed by atoms with Crippen LogP contribution in [0.3, 0.4) is 0 Å². The Kier molecular flexibility index (Phi) is 4.14. The third kappa shape index (κ3) is 2.97. The maximum atomic E-state index is 8.80. The standard InChI is InChI=1S/C12H17N3/c1-3-15(4-2)9-11-7-10(8-13)5-6-12(11)14/h5-7H,3-4,9,14H2,1-2H3. The third-order valence-corrected chi connectivity index (χ3v) is 2.56. The van der Waals surface area contributed by atoms with Crippen LogP contribution < -0.4 is 5.73 Å². The van der Waals surface area contributed by atoms with Crippen LogP contribution in [0.4, 0.5) is 5.69 Å². The Labute approximate surface area is 91.1 Å². The number of hydrogen-bond donors (Lipinski definition) is 1. The molecule has 0 spiro atoms. The van der Waals surface area contributed by atoms with E-state index in [2.05, 4.69) is 24.8 Å². The van der Waals surface area contributed by atoms with E-state index in [1.54, 1.807) is 12.1 Å². The molecule has 0 saturated carbocycles. The van der Waals surface area contributed by atoms with Crippen LogP contribution in [-0.4, -0.2) is 18.0 Å². The van der Waals surface area contributed by atoms with Crippen molar-refractivity contribution in [2.24, 2.45) is 0 Å². The van der Waals surface area contributed by atoms with E-state index in [4.69, 9.17) is 11.0 Å². The van der Waals surface area contributed by atoms with Gasteiger partial charge in [0, 0.05) is 12.2 Å². The Morgan fingerprint density at radius 2 is 2.00 bits per heavy atom. The summed E-state index contributed by atoms with van der Waals surface area (Å²) in [6.45, 7) is 7.04. The summed E-state index contributed by atoms with van der Waals surface area (Å²) in [6.07, 6.45) is 0. The van der Waals surface area contributed by atoms with Crippen LogP contribution in [-0.2, 0) is 6.54 Å². The van der Waals surface area contributed by atoms with Crippen molar-refractivity contribution in [2.45, 2.75) is 20.4 Å². The molecule has 0 aromatic heterocycles. The Morgan fingerprint density at radius 1 is 1.33 bits per heavy atom. The normalized spacial score (nSPS) is 10.3. The van der Waals surface area contributed by atoms with Gasteiger partial charge in [-0.2, -0.15) is 5.26 Å². The molecule has 0 amide bonds. The van der Waals surface area contributed by atoms with Gasteiger partial charge in [0.2, 0.25) is 0 Å². The summed E-state index contributed by atoms with van der Waals surface area (Å²) in [5.74, 6) is 0. The Balaban J connectivity index is 2.88. The maximum absolute atomic E-state index is 8.80. The third-order valence-electron chi connectivity index (χ3n) is 2.56. The predicted octanol–water partition coefficient (Wildman–Crippen LogP) is 1.98. The summed E-state index contributed by atoms with van der Waals surface area (Å²) < 4.78 is 0. The molecule has 0 fully saturated rings. The van der Waals surface area contributed by atoms with E-state index in [-0.39, 0.29) is 0 Å². The summed E-state index contributed by atoms with van der Waals surface area (Å²) >= 11 is 0. The molecule has 0 unspecified atom stereocenters. The second kappa shape index (κ2) is 5.38. The number of hydrogen-bond acceptors (Lipinski definition) is 3. The molecular weight excluding hydrogens is 186 g/mol. The number of nitrogens with zero attached hydrogens (tertiary/aromatic N) is 2. The number of rotatable bonds is 4. The van der Waals surface area contributed by atoms with Crippen molar-refractivity contribution >= 4 is 5.69 Å². The van der Waals surface area contributed by atoms with Gasteiger partial charge < -0.3 is 5.73 Å². The first-order valence-corrected chi connectivity index (χ1v) is 5.22. The Bertz CT molecular complexity index is 362. The second-order valence-corrected chi connectivity index (χ2v) is 3.49. The number of benzene rings is 1. The minimum atomic E-state index is 0.673. The van der Waals surface area contributed by atoms with Crippen molar-refractivity contribution in [3.8, 4) is 6.07 Å². The molecule has 0 aliphatic rings. The van der Waals surface area contributed by atoms with E-state index >= 15 is 0 Å². The highest BCUT2D eigenvalue weighted by atomic mass is 15.1. The van der Waals surface area contributed by atoms with Gasteiger partial charge in [-0.05, 0) is 36.9 Å². The highest BCUT2D eigenvalue weighted by Gasteiger charge is 2.05. The van der Waals surface area contributed by atoms with Gasteiger partial charge in [0.25, 0.3) is 0 Å². The first kappa shape index (κ1) is 11.5. The lowest BCUT2D eigenvalue weighted by molar-refractivity contribution is 0.296. The molecule has 0 aliphatic heterocycles. The van der Waals surface area contributed by atoms with Gasteiger partial charge in [0.05, 0.1) is 11.6 Å². The summed E-state index contributed by atoms with van der Waals surface area (Å²) in [7, 11) is 0. The molecule has 0 heterocycles. The van der Waals surface area contributed by atoms with E-state index in [1.807, 2.05) is 6.07 Å². The molecule has 0 saturated heterocycles. The first-order valence-electron chi connectivity index (χ1n) is 5.22. The van der Waals surface area contributed by atoms with Crippen LogP contribution in [0.15, 0.2) is 18.2 Å². The Hall–Kier alpha value is -1.53. The predicted molar refractivity (Wildman–Crippen MR) is 62.2 cm³/mol. The molecule has 0 radical (unpaired) electrons. The highest BCUT2D eigenvalue weighted by Crippen LogP contribution is 2.15. The van der Waals surface area contributed by atoms with Crippen molar-refractivity contribution in [1.29, 1.82) is 5.26 Å². The van der Waals surface area contributed by atoms with Crippen LogP contribution in [0.5, 0.6) is 0 Å². The molecule has 80 valence electrons. The summed E-state index contributed by atoms with van der Waals surface area (Å²) in [5.41, 5.74) is 8.34. The zero-order valence-corrected chi connectivity index (χ0v) is 9.33. The van der Waals surface area contributed by atoms with Crippen LogP contribution >= 0.6 is 0 Å². The van der Waals surface area contributed by atoms with Crippen LogP contribution in [0, 0.1) is 11.3 Å². The average molecular weight is 203 g/mol. The van der Waals surface area contributed by atoms with E-state index in [9.17, 15) is 0 Å². The molecule has 3 heteroatoms. The fourth-order valence-corrected chi connectivity index (χ4v) is 1.50. The lowest BCUT2D eigenvalue weighted by atomic mass is 10.1. The zero-order valence-electron chi connectivity index (χ0n) is 9.33. The molecule has 1 aromatic rings. The second-order valence-electron chi connectivity index (χ2n) is 3.49. The Morgan fingerprint density at radius 3 is 2.53 bits per heavy atom. The van der Waals surface area contributed by atoms with Crippen LogP contribution in [0.25, 0.3) is 0 Å². The van der Waals surface area contributed by atoms with Crippen molar-refractivity contribution in [3.05, 3.63) is 29.3 Å². The smallest absolute Gasteiger partial charge is 0.0991 e. The lowest BCUT2D eigenvalue weighted by Gasteiger charge is -2.19. The minimum Gasteiger partial charge on any atom is -0.398 e. The summed E-state index contributed by atoms with van der Waals surface area (Å²) in [5, 5.41) is 8.80. The summed E-state index contributed by atoms with van der Waals surface area (Å²) in [4.78, 5) is 2.27. The number of nitrogen functional groups attached to an aromatic ring is 1. The number of nitriles is 1. The molecule has 1 rings (SSSR count). The number of anilines is 1. The van der Waals surface area contributed by atoms with Crippen molar-refractivity contribution in [3.63, 3.8) is 0 Å². The molecule has 1 aromatic carbocycles. The van der Waals surface area contributed by atoms with Gasteiger partial charge in [0.1, 0.15) is 0 Å². The SMILES string of the molecule is CCN(CC)Cc1cc(C#N)ccc1N. The van der Waals surface area contributed by atoms with E-state index in [0.29, 0.717) is 5.56 Å². The van der Waals surface area contributed by atoms with Gasteiger partial charge in [-0.3, -0.25) is 4.90 Å². The molecule has 0 aliphatic carbocycles. The van der Waals surface area contributed by atoms with E-state index in [1.165, 1.54) is 0 Å². The molecule has 0 bridgehead atoms.